The topological polar surface area (TPSA) is 110 Å². The van der Waals surface area contributed by atoms with Crippen LogP contribution in [0.3, 0.4) is 0 Å². The molecule has 2 aromatic carbocycles. The van der Waals surface area contributed by atoms with E-state index in [1.54, 1.807) is 0 Å². The molecule has 0 saturated carbocycles. The molecule has 16 heteroatoms. The SMILES string of the molecule is N#Cc1c(N)sc2c(F)ccc(-c3c(Cl)c4c5c(nc(OC[C@@]67CCCN6C[C@H](F)C7)nc5c3F)N(CC(F)F)CC3COCC3O4)c12. The second-order valence-corrected chi connectivity index (χ2v) is 14.2. The molecule has 4 atom stereocenters. The van der Waals surface area contributed by atoms with E-state index in [4.69, 9.17) is 31.5 Å². The lowest BCUT2D eigenvalue weighted by Gasteiger charge is -2.34. The van der Waals surface area contributed by atoms with E-state index in [2.05, 4.69) is 9.97 Å². The van der Waals surface area contributed by atoms with Gasteiger partial charge in [-0.05, 0) is 31.0 Å². The van der Waals surface area contributed by atoms with Gasteiger partial charge in [0.25, 0.3) is 6.43 Å². The van der Waals surface area contributed by atoms with Crippen molar-refractivity contribution in [2.75, 3.05) is 56.6 Å². The van der Waals surface area contributed by atoms with Gasteiger partial charge in [-0.2, -0.15) is 15.2 Å². The quantitative estimate of drug-likeness (QED) is 0.230. The van der Waals surface area contributed by atoms with Crippen LogP contribution in [0.4, 0.5) is 32.8 Å². The average Bonchev–Trinajstić information content (AvgIpc) is 3.80. The van der Waals surface area contributed by atoms with Gasteiger partial charge in [0.15, 0.2) is 11.6 Å². The van der Waals surface area contributed by atoms with Crippen LogP contribution in [0.25, 0.3) is 32.1 Å². The molecule has 0 spiro atoms. The van der Waals surface area contributed by atoms with Crippen LogP contribution in [-0.4, -0.2) is 85.1 Å². The summed E-state index contributed by atoms with van der Waals surface area (Å²) in [5, 5.41) is 9.73. The monoisotopic (exact) mass is 706 g/mol. The van der Waals surface area contributed by atoms with Crippen molar-refractivity contribution in [3.63, 3.8) is 0 Å². The Kier molecular flexibility index (Phi) is 7.70. The van der Waals surface area contributed by atoms with Crippen molar-refractivity contribution in [2.45, 2.75) is 43.5 Å². The van der Waals surface area contributed by atoms with E-state index in [0.717, 1.165) is 23.8 Å². The summed E-state index contributed by atoms with van der Waals surface area (Å²) in [5.41, 5.74) is 4.90. The molecule has 252 valence electrons. The fourth-order valence-corrected chi connectivity index (χ4v) is 9.03. The van der Waals surface area contributed by atoms with Gasteiger partial charge in [-0.25, -0.2) is 22.0 Å². The number of anilines is 2. The normalized spacial score (nSPS) is 25.3. The number of hydrogen-bond donors (Lipinski definition) is 1. The summed E-state index contributed by atoms with van der Waals surface area (Å²) >= 11 is 7.85. The Bertz CT molecular complexity index is 2010. The van der Waals surface area contributed by atoms with Gasteiger partial charge in [-0.3, -0.25) is 4.90 Å². The maximum absolute atomic E-state index is 17.1. The number of alkyl halides is 3. The molecule has 4 aliphatic heterocycles. The summed E-state index contributed by atoms with van der Waals surface area (Å²) in [6.45, 7) is 0.654. The predicted octanol–water partition coefficient (Wildman–Crippen LogP) is 6.33. The number of nitrogens with two attached hydrogens (primary N) is 1. The van der Waals surface area contributed by atoms with Crippen molar-refractivity contribution in [1.82, 2.24) is 14.9 Å². The van der Waals surface area contributed by atoms with Crippen LogP contribution >= 0.6 is 22.9 Å². The standard InChI is InChI=1S/C32H28ClF5N6O3S/c33-24-22(16-2-3-18(35)28-21(16)17(7-39)29(40)48-28)25(38)26-23-27(24)47-19-12-45-11-14(19)8-43(10-20(36)37)30(23)42-31(41-26)46-13-32-4-1-5-44(32)9-15(34)6-32/h2-3,14-15,19-20H,1,4-6,8-13,40H2/t14?,15-,19?,32+/m1/s1. The number of nitrogen functional groups attached to an aromatic ring is 1. The van der Waals surface area contributed by atoms with Crippen LogP contribution in [0.5, 0.6) is 11.8 Å². The lowest BCUT2D eigenvalue weighted by atomic mass is 9.95. The highest BCUT2D eigenvalue weighted by atomic mass is 35.5. The van der Waals surface area contributed by atoms with E-state index >= 15 is 4.39 Å². The molecule has 0 bridgehead atoms. The Morgan fingerprint density at radius 2 is 2.04 bits per heavy atom. The van der Waals surface area contributed by atoms with Gasteiger partial charge in [0, 0.05) is 36.4 Å². The highest BCUT2D eigenvalue weighted by molar-refractivity contribution is 7.23. The molecule has 2 N–H and O–H groups in total. The second-order valence-electron chi connectivity index (χ2n) is 12.8. The fraction of sp³-hybridized carbons (Fsp3) is 0.469. The van der Waals surface area contributed by atoms with Crippen LogP contribution < -0.4 is 20.1 Å². The minimum Gasteiger partial charge on any atom is -0.485 e. The molecule has 3 fully saturated rings. The molecule has 0 aliphatic carbocycles. The van der Waals surface area contributed by atoms with Crippen molar-refractivity contribution < 1.29 is 36.2 Å². The fourth-order valence-electron chi connectivity index (χ4n) is 7.76. The van der Waals surface area contributed by atoms with Gasteiger partial charge >= 0.3 is 6.01 Å². The Labute approximate surface area is 279 Å². The molecule has 6 heterocycles. The van der Waals surface area contributed by atoms with Gasteiger partial charge in [0.1, 0.15) is 47.1 Å². The third-order valence-electron chi connectivity index (χ3n) is 9.89. The van der Waals surface area contributed by atoms with E-state index in [1.165, 1.54) is 11.0 Å². The number of thiophene rings is 1. The first kappa shape index (κ1) is 31.6. The minimum absolute atomic E-state index is 0.00940. The third-order valence-corrected chi connectivity index (χ3v) is 11.3. The highest BCUT2D eigenvalue weighted by Crippen LogP contribution is 2.51. The lowest BCUT2D eigenvalue weighted by molar-refractivity contribution is 0.107. The zero-order valence-electron chi connectivity index (χ0n) is 25.2. The van der Waals surface area contributed by atoms with Crippen molar-refractivity contribution in [1.29, 1.82) is 5.26 Å². The van der Waals surface area contributed by atoms with E-state index in [1.807, 2.05) is 11.0 Å². The smallest absolute Gasteiger partial charge is 0.319 e. The van der Waals surface area contributed by atoms with Crippen LogP contribution in [-0.2, 0) is 4.74 Å². The molecule has 9 nitrogen and oxygen atoms in total. The van der Waals surface area contributed by atoms with E-state index in [0.29, 0.717) is 13.0 Å². The number of aromatic nitrogens is 2. The molecular weight excluding hydrogens is 679 g/mol. The molecule has 8 rings (SSSR count). The number of rotatable bonds is 6. The van der Waals surface area contributed by atoms with Gasteiger partial charge in [0.05, 0.1) is 46.0 Å². The first-order valence-corrected chi connectivity index (χ1v) is 16.7. The van der Waals surface area contributed by atoms with Gasteiger partial charge in [0.2, 0.25) is 0 Å². The maximum atomic E-state index is 17.1. The van der Waals surface area contributed by atoms with E-state index in [9.17, 15) is 22.8 Å². The van der Waals surface area contributed by atoms with E-state index in [-0.39, 0.29) is 111 Å². The number of nitriles is 1. The number of ether oxygens (including phenoxy) is 3. The van der Waals surface area contributed by atoms with Gasteiger partial charge < -0.3 is 24.8 Å². The van der Waals surface area contributed by atoms with Gasteiger partial charge in [-0.15, -0.1) is 11.3 Å². The molecule has 2 aromatic heterocycles. The molecule has 48 heavy (non-hydrogen) atoms. The van der Waals surface area contributed by atoms with Crippen molar-refractivity contribution in [3.05, 3.63) is 34.4 Å². The maximum Gasteiger partial charge on any atom is 0.319 e. The number of nitrogens with zero attached hydrogens (tertiary/aromatic N) is 5. The first-order valence-electron chi connectivity index (χ1n) is 15.5. The van der Waals surface area contributed by atoms with Crippen LogP contribution in [0, 0.1) is 28.9 Å². The molecule has 4 aliphatic rings. The zero-order valence-corrected chi connectivity index (χ0v) is 26.8. The number of fused-ring (bicyclic) bond motifs is 3. The Morgan fingerprint density at radius 3 is 2.83 bits per heavy atom. The second kappa shape index (κ2) is 11.7. The molecule has 0 amide bonds. The molecular formula is C32H28ClF5N6O3S. The Morgan fingerprint density at radius 1 is 1.21 bits per heavy atom. The third kappa shape index (κ3) is 4.90. The van der Waals surface area contributed by atoms with E-state index < -0.39 is 42.4 Å². The molecule has 4 aromatic rings. The first-order chi connectivity index (χ1) is 23.1. The predicted molar refractivity (Wildman–Crippen MR) is 170 cm³/mol. The van der Waals surface area contributed by atoms with Crippen LogP contribution in [0.2, 0.25) is 5.02 Å². The Balaban J connectivity index is 1.37. The zero-order chi connectivity index (χ0) is 33.5. The summed E-state index contributed by atoms with van der Waals surface area (Å²) in [6.07, 6.45) is -2.64. The average molecular weight is 707 g/mol. The lowest BCUT2D eigenvalue weighted by Crippen LogP contribution is -2.43. The molecule has 2 unspecified atom stereocenters. The van der Waals surface area contributed by atoms with Gasteiger partial charge in [-0.1, -0.05) is 17.7 Å². The number of benzene rings is 2. The summed E-state index contributed by atoms with van der Waals surface area (Å²) in [7, 11) is 0. The highest BCUT2D eigenvalue weighted by Gasteiger charge is 2.49. The summed E-state index contributed by atoms with van der Waals surface area (Å²) in [6, 6.07) is 4.10. The van der Waals surface area contributed by atoms with Crippen molar-refractivity contribution in [2.24, 2.45) is 5.92 Å². The molecule has 3 saturated heterocycles. The summed E-state index contributed by atoms with van der Waals surface area (Å²) < 4.78 is 93.1. The number of hydrogen-bond acceptors (Lipinski definition) is 10. The Hall–Kier alpha value is -3.71. The molecule has 0 radical (unpaired) electrons. The van der Waals surface area contributed by atoms with Crippen LogP contribution in [0.15, 0.2) is 12.1 Å². The van der Waals surface area contributed by atoms with Crippen LogP contribution in [0.1, 0.15) is 24.8 Å². The van der Waals surface area contributed by atoms with Crippen molar-refractivity contribution in [3.8, 4) is 29.0 Å². The largest absolute Gasteiger partial charge is 0.485 e. The minimum atomic E-state index is -2.78. The number of halogens is 6. The van der Waals surface area contributed by atoms with Crippen molar-refractivity contribution >= 4 is 54.7 Å². The summed E-state index contributed by atoms with van der Waals surface area (Å²) in [5.74, 6) is -2.16. The summed E-state index contributed by atoms with van der Waals surface area (Å²) in [4.78, 5) is 12.4.